The SMILES string of the molecule is C[C@H](NC(=O)c1ccc(N2C3CCC2CC(NC(=O)C(C)(C)Oc2cc(F)c(F)cc2Cl)C3)nc1)C(F)(F)F. The number of piperidine rings is 1. The molecule has 2 saturated heterocycles. The van der Waals surface area contributed by atoms with Crippen LogP contribution in [0.5, 0.6) is 5.75 Å². The van der Waals surface area contributed by atoms with Crippen LogP contribution in [0.2, 0.25) is 5.02 Å². The van der Waals surface area contributed by atoms with E-state index in [0.717, 1.165) is 31.9 Å². The van der Waals surface area contributed by atoms with Gasteiger partial charge in [-0.05, 0) is 64.7 Å². The van der Waals surface area contributed by atoms with Crippen LogP contribution in [0.3, 0.4) is 0 Å². The molecule has 0 radical (unpaired) electrons. The maximum absolute atomic E-state index is 13.6. The molecule has 212 valence electrons. The second-order valence-corrected chi connectivity index (χ2v) is 10.8. The number of nitrogens with zero attached hydrogens (tertiary/aromatic N) is 2. The molecule has 2 unspecified atom stereocenters. The largest absolute Gasteiger partial charge is 0.476 e. The average molecular weight is 575 g/mol. The van der Waals surface area contributed by atoms with Crippen molar-refractivity contribution < 1.29 is 36.3 Å². The van der Waals surface area contributed by atoms with Gasteiger partial charge in [-0.2, -0.15) is 13.2 Å². The van der Waals surface area contributed by atoms with Crippen LogP contribution in [0.4, 0.5) is 27.8 Å². The van der Waals surface area contributed by atoms with Crippen LogP contribution < -0.4 is 20.3 Å². The number of nitrogens with one attached hydrogen (secondary N) is 2. The first-order valence-corrected chi connectivity index (χ1v) is 12.8. The zero-order valence-electron chi connectivity index (χ0n) is 21.4. The third-order valence-corrected chi connectivity index (χ3v) is 7.36. The highest BCUT2D eigenvalue weighted by molar-refractivity contribution is 6.32. The van der Waals surface area contributed by atoms with E-state index >= 15 is 0 Å². The highest BCUT2D eigenvalue weighted by Gasteiger charge is 2.43. The molecule has 2 amide bonds. The van der Waals surface area contributed by atoms with Crippen LogP contribution in [0.1, 0.15) is 56.8 Å². The summed E-state index contributed by atoms with van der Waals surface area (Å²) in [6.45, 7) is 3.87. The van der Waals surface area contributed by atoms with E-state index in [4.69, 9.17) is 16.3 Å². The average Bonchev–Trinajstić information content (AvgIpc) is 3.11. The van der Waals surface area contributed by atoms with Crippen LogP contribution in [-0.2, 0) is 4.79 Å². The zero-order chi connectivity index (χ0) is 28.7. The van der Waals surface area contributed by atoms with Gasteiger partial charge in [0.2, 0.25) is 0 Å². The fourth-order valence-corrected chi connectivity index (χ4v) is 5.16. The van der Waals surface area contributed by atoms with Gasteiger partial charge in [0.1, 0.15) is 17.6 Å². The molecule has 3 atom stereocenters. The van der Waals surface area contributed by atoms with E-state index in [1.165, 1.54) is 26.1 Å². The number of amides is 2. The number of hydrogen-bond acceptors (Lipinski definition) is 5. The quantitative estimate of drug-likeness (QED) is 0.352. The van der Waals surface area contributed by atoms with E-state index in [9.17, 15) is 31.5 Å². The van der Waals surface area contributed by atoms with Gasteiger partial charge in [-0.1, -0.05) is 11.6 Å². The minimum atomic E-state index is -4.55. The summed E-state index contributed by atoms with van der Waals surface area (Å²) in [6, 6.07) is 2.57. The molecule has 2 bridgehead atoms. The molecule has 1 aromatic carbocycles. The minimum Gasteiger partial charge on any atom is -0.476 e. The molecular weight excluding hydrogens is 547 g/mol. The molecule has 1 aromatic heterocycles. The van der Waals surface area contributed by atoms with E-state index in [1.54, 1.807) is 6.07 Å². The molecule has 3 heterocycles. The van der Waals surface area contributed by atoms with Gasteiger partial charge in [0.15, 0.2) is 17.2 Å². The molecule has 13 heteroatoms. The maximum Gasteiger partial charge on any atom is 0.408 e. The first-order chi connectivity index (χ1) is 18.2. The number of carbonyl (C=O) groups excluding carboxylic acids is 2. The molecule has 2 N–H and O–H groups in total. The Kier molecular flexibility index (Phi) is 7.98. The summed E-state index contributed by atoms with van der Waals surface area (Å²) in [7, 11) is 0. The Balaban J connectivity index is 1.37. The summed E-state index contributed by atoms with van der Waals surface area (Å²) < 4.78 is 70.9. The number of ether oxygens (including phenoxy) is 1. The van der Waals surface area contributed by atoms with Gasteiger partial charge in [-0.3, -0.25) is 9.59 Å². The number of rotatable bonds is 7. The Morgan fingerprint density at radius 3 is 2.28 bits per heavy atom. The lowest BCUT2D eigenvalue weighted by molar-refractivity contribution is -0.149. The number of fused-ring (bicyclic) bond motifs is 2. The summed E-state index contributed by atoms with van der Waals surface area (Å²) in [5.74, 6) is -3.13. The van der Waals surface area contributed by atoms with Gasteiger partial charge >= 0.3 is 6.18 Å². The van der Waals surface area contributed by atoms with Crippen molar-refractivity contribution in [3.8, 4) is 5.75 Å². The topological polar surface area (TPSA) is 83.6 Å². The molecule has 39 heavy (non-hydrogen) atoms. The Morgan fingerprint density at radius 1 is 1.10 bits per heavy atom. The zero-order valence-corrected chi connectivity index (χ0v) is 22.2. The highest BCUT2D eigenvalue weighted by Crippen LogP contribution is 2.39. The number of anilines is 1. The number of benzene rings is 1. The van der Waals surface area contributed by atoms with Crippen molar-refractivity contribution in [2.45, 2.75) is 82.4 Å². The van der Waals surface area contributed by atoms with E-state index in [-0.39, 0.29) is 34.5 Å². The number of hydrogen-bond donors (Lipinski definition) is 2. The van der Waals surface area contributed by atoms with E-state index in [2.05, 4.69) is 15.2 Å². The molecule has 0 spiro atoms. The monoisotopic (exact) mass is 574 g/mol. The van der Waals surface area contributed by atoms with Gasteiger partial charge in [0, 0.05) is 30.4 Å². The Labute approximate surface area is 227 Å². The summed E-state index contributed by atoms with van der Waals surface area (Å²) >= 11 is 5.95. The summed E-state index contributed by atoms with van der Waals surface area (Å²) in [4.78, 5) is 31.7. The second kappa shape index (κ2) is 10.8. The van der Waals surface area contributed by atoms with Crippen molar-refractivity contribution in [1.82, 2.24) is 15.6 Å². The lowest BCUT2D eigenvalue weighted by Crippen LogP contribution is -2.55. The molecule has 0 saturated carbocycles. The van der Waals surface area contributed by atoms with Crippen molar-refractivity contribution in [3.05, 3.63) is 52.7 Å². The Hall–Kier alpha value is -3.15. The van der Waals surface area contributed by atoms with Crippen LogP contribution in [0.15, 0.2) is 30.5 Å². The molecule has 2 aliphatic heterocycles. The maximum atomic E-state index is 13.6. The third kappa shape index (κ3) is 6.37. The predicted octanol–water partition coefficient (Wildman–Crippen LogP) is 5.17. The van der Waals surface area contributed by atoms with Crippen molar-refractivity contribution in [1.29, 1.82) is 0 Å². The van der Waals surface area contributed by atoms with Crippen LogP contribution in [0.25, 0.3) is 0 Å². The minimum absolute atomic E-state index is 0.0210. The van der Waals surface area contributed by atoms with Crippen molar-refractivity contribution in [3.63, 3.8) is 0 Å². The fourth-order valence-electron chi connectivity index (χ4n) is 4.97. The number of aromatic nitrogens is 1. The standard InChI is InChI=1S/C26H28ClF5N4O3/c1-13(26(30,31)32)34-23(37)14-4-7-22(33-12-14)36-16-5-6-17(36)9-15(8-16)35-24(38)25(2,3)39-21-11-20(29)19(28)10-18(21)27/h4,7,10-13,15-17H,5-6,8-9H2,1-3H3,(H,34,37)(H,35,38)/t13-,15?,16?,17?/m0/s1. The molecule has 2 fully saturated rings. The van der Waals surface area contributed by atoms with Gasteiger partial charge < -0.3 is 20.3 Å². The molecule has 4 rings (SSSR count). The number of carbonyl (C=O) groups is 2. The van der Waals surface area contributed by atoms with Crippen molar-refractivity contribution in [2.75, 3.05) is 4.90 Å². The number of alkyl halides is 3. The van der Waals surface area contributed by atoms with E-state index in [0.29, 0.717) is 18.7 Å². The second-order valence-electron chi connectivity index (χ2n) is 10.4. The number of pyridine rings is 1. The van der Waals surface area contributed by atoms with E-state index < -0.39 is 41.3 Å². The Morgan fingerprint density at radius 2 is 1.72 bits per heavy atom. The predicted molar refractivity (Wildman–Crippen MR) is 134 cm³/mol. The molecular formula is C26H28ClF5N4O3. The first-order valence-electron chi connectivity index (χ1n) is 12.4. The summed E-state index contributed by atoms with van der Waals surface area (Å²) in [5.41, 5.74) is -1.40. The normalized spacial score (nSPS) is 21.9. The van der Waals surface area contributed by atoms with Crippen LogP contribution in [0, 0.1) is 11.6 Å². The smallest absolute Gasteiger partial charge is 0.408 e. The Bertz CT molecular complexity index is 1230. The molecule has 7 nitrogen and oxygen atoms in total. The lowest BCUT2D eigenvalue weighted by atomic mass is 9.96. The molecule has 0 aliphatic carbocycles. The number of halogens is 6. The molecule has 2 aliphatic rings. The van der Waals surface area contributed by atoms with Gasteiger partial charge in [-0.25, -0.2) is 13.8 Å². The van der Waals surface area contributed by atoms with E-state index in [1.807, 2.05) is 5.32 Å². The summed E-state index contributed by atoms with van der Waals surface area (Å²) in [5, 5.41) is 4.74. The van der Waals surface area contributed by atoms with Crippen LogP contribution in [-0.4, -0.2) is 52.7 Å². The van der Waals surface area contributed by atoms with Gasteiger partial charge in [-0.15, -0.1) is 0 Å². The van der Waals surface area contributed by atoms with Crippen LogP contribution >= 0.6 is 11.6 Å². The fraction of sp³-hybridized carbons (Fsp3) is 0.500. The molecule has 2 aromatic rings. The summed E-state index contributed by atoms with van der Waals surface area (Å²) in [6.07, 6.45) is -0.364. The lowest BCUT2D eigenvalue weighted by Gasteiger charge is -2.40. The highest BCUT2D eigenvalue weighted by atomic mass is 35.5. The van der Waals surface area contributed by atoms with Gasteiger partial charge in [0.05, 0.1) is 10.6 Å². The van der Waals surface area contributed by atoms with Crippen molar-refractivity contribution in [2.24, 2.45) is 0 Å². The third-order valence-electron chi connectivity index (χ3n) is 7.07. The van der Waals surface area contributed by atoms with Crippen molar-refractivity contribution >= 4 is 29.2 Å². The van der Waals surface area contributed by atoms with Gasteiger partial charge in [0.25, 0.3) is 11.8 Å². The first kappa shape index (κ1) is 28.8.